The smallest absolute Gasteiger partial charge is 0.336 e. The fourth-order valence-corrected chi connectivity index (χ4v) is 4.62. The van der Waals surface area contributed by atoms with E-state index < -0.39 is 5.97 Å². The van der Waals surface area contributed by atoms with Crippen molar-refractivity contribution in [2.75, 3.05) is 13.2 Å². The summed E-state index contributed by atoms with van der Waals surface area (Å²) < 4.78 is 30.4. The van der Waals surface area contributed by atoms with Gasteiger partial charge >= 0.3 is 5.97 Å². The van der Waals surface area contributed by atoms with Crippen LogP contribution in [0.4, 0.5) is 4.39 Å². The lowest BCUT2D eigenvalue weighted by Crippen LogP contribution is -2.23. The molecule has 1 aliphatic carbocycles. The van der Waals surface area contributed by atoms with Gasteiger partial charge in [-0.3, -0.25) is 0 Å². The Kier molecular flexibility index (Phi) is 8.08. The Hall–Kier alpha value is -3.03. The molecule has 0 saturated heterocycles. The standard InChI is InChI=1S/C27H30FNO5/c1-18-4-2-7-22(25(18)27(30)31)15-32-13-19-5-3-6-20(12-19)14-33-16-24-17-34-26(29-24)21-8-10-23(28)11-9-21/h2,4,7-11,17,19-20H,3,5-6,12-16H2,1H3,(H,30,31). The van der Waals surface area contributed by atoms with Crippen molar-refractivity contribution in [3.63, 3.8) is 0 Å². The Morgan fingerprint density at radius 1 is 1.09 bits per heavy atom. The third kappa shape index (κ3) is 6.30. The fourth-order valence-electron chi connectivity index (χ4n) is 4.62. The number of carboxylic acids is 1. The summed E-state index contributed by atoms with van der Waals surface area (Å²) in [7, 11) is 0. The summed E-state index contributed by atoms with van der Waals surface area (Å²) in [6.45, 7) is 3.75. The molecule has 34 heavy (non-hydrogen) atoms. The van der Waals surface area contributed by atoms with E-state index in [0.717, 1.165) is 42.4 Å². The predicted molar refractivity (Wildman–Crippen MR) is 125 cm³/mol. The van der Waals surface area contributed by atoms with Crippen molar-refractivity contribution >= 4 is 5.97 Å². The van der Waals surface area contributed by atoms with Crippen molar-refractivity contribution in [2.45, 2.75) is 45.8 Å². The van der Waals surface area contributed by atoms with Crippen LogP contribution < -0.4 is 0 Å². The fraction of sp³-hybridized carbons (Fsp3) is 0.407. The highest BCUT2D eigenvalue weighted by Gasteiger charge is 2.23. The third-order valence-electron chi connectivity index (χ3n) is 6.32. The number of aromatic carboxylic acids is 1. The van der Waals surface area contributed by atoms with Gasteiger partial charge < -0.3 is 19.0 Å². The molecule has 0 bridgehead atoms. The maximum atomic E-state index is 13.1. The number of hydrogen-bond donors (Lipinski definition) is 1. The Labute approximate surface area is 198 Å². The van der Waals surface area contributed by atoms with Gasteiger partial charge in [0.1, 0.15) is 17.8 Å². The first-order valence-electron chi connectivity index (χ1n) is 11.7. The molecule has 1 saturated carbocycles. The van der Waals surface area contributed by atoms with Crippen LogP contribution in [-0.4, -0.2) is 29.3 Å². The number of halogens is 1. The van der Waals surface area contributed by atoms with Crippen LogP contribution in [0.3, 0.4) is 0 Å². The summed E-state index contributed by atoms with van der Waals surface area (Å²) in [5, 5.41) is 9.47. The number of ether oxygens (including phenoxy) is 2. The maximum Gasteiger partial charge on any atom is 0.336 e. The molecule has 2 atom stereocenters. The van der Waals surface area contributed by atoms with Gasteiger partial charge in [-0.2, -0.15) is 0 Å². The van der Waals surface area contributed by atoms with Crippen molar-refractivity contribution in [3.05, 3.63) is 76.9 Å². The zero-order valence-corrected chi connectivity index (χ0v) is 19.3. The third-order valence-corrected chi connectivity index (χ3v) is 6.32. The molecule has 6 nitrogen and oxygen atoms in total. The molecule has 0 radical (unpaired) electrons. The Morgan fingerprint density at radius 2 is 1.79 bits per heavy atom. The number of aromatic nitrogens is 1. The van der Waals surface area contributed by atoms with Crippen LogP contribution in [0.15, 0.2) is 53.1 Å². The first kappa shape index (κ1) is 24.1. The van der Waals surface area contributed by atoms with Gasteiger partial charge in [0.15, 0.2) is 0 Å². The van der Waals surface area contributed by atoms with Crippen LogP contribution in [0.2, 0.25) is 0 Å². The topological polar surface area (TPSA) is 81.8 Å². The number of benzene rings is 2. The molecule has 2 aromatic carbocycles. The first-order chi connectivity index (χ1) is 16.5. The molecule has 0 aliphatic heterocycles. The zero-order chi connectivity index (χ0) is 23.9. The summed E-state index contributed by atoms with van der Waals surface area (Å²) in [6, 6.07) is 11.5. The van der Waals surface area contributed by atoms with E-state index in [0.29, 0.717) is 55.4 Å². The molecule has 0 amide bonds. The largest absolute Gasteiger partial charge is 0.478 e. The van der Waals surface area contributed by atoms with Gasteiger partial charge in [0.25, 0.3) is 0 Å². The summed E-state index contributed by atoms with van der Waals surface area (Å²) >= 11 is 0. The molecular formula is C27H30FNO5. The van der Waals surface area contributed by atoms with E-state index in [1.54, 1.807) is 31.4 Å². The van der Waals surface area contributed by atoms with Crippen molar-refractivity contribution in [1.82, 2.24) is 4.98 Å². The average Bonchev–Trinajstić information content (AvgIpc) is 3.28. The van der Waals surface area contributed by atoms with Gasteiger partial charge in [0.2, 0.25) is 5.89 Å². The highest BCUT2D eigenvalue weighted by Crippen LogP contribution is 2.30. The van der Waals surface area contributed by atoms with Crippen molar-refractivity contribution in [3.8, 4) is 11.5 Å². The van der Waals surface area contributed by atoms with Crippen LogP contribution in [0.25, 0.3) is 11.5 Å². The second-order valence-corrected chi connectivity index (χ2v) is 8.99. The molecule has 1 N–H and O–H groups in total. The number of carbonyl (C=O) groups is 1. The maximum absolute atomic E-state index is 13.1. The highest BCUT2D eigenvalue weighted by atomic mass is 19.1. The molecule has 7 heteroatoms. The number of oxazole rings is 1. The number of carboxylic acid groups (broad SMARTS) is 1. The molecular weight excluding hydrogens is 437 g/mol. The van der Waals surface area contributed by atoms with E-state index >= 15 is 0 Å². The van der Waals surface area contributed by atoms with E-state index in [1.165, 1.54) is 12.1 Å². The van der Waals surface area contributed by atoms with Gasteiger partial charge in [-0.05, 0) is 73.4 Å². The highest BCUT2D eigenvalue weighted by molar-refractivity contribution is 5.91. The molecule has 3 aromatic rings. The first-order valence-corrected chi connectivity index (χ1v) is 11.7. The van der Waals surface area contributed by atoms with Crippen molar-refractivity contribution < 1.29 is 28.2 Å². The van der Waals surface area contributed by atoms with Crippen LogP contribution in [-0.2, 0) is 22.7 Å². The van der Waals surface area contributed by atoms with Gasteiger partial charge in [0, 0.05) is 18.8 Å². The second-order valence-electron chi connectivity index (χ2n) is 8.99. The van der Waals surface area contributed by atoms with Crippen LogP contribution >= 0.6 is 0 Å². The number of nitrogens with zero attached hydrogens (tertiary/aromatic N) is 1. The summed E-state index contributed by atoms with van der Waals surface area (Å²) in [5.74, 6) is 0.142. The average molecular weight is 468 g/mol. The van der Waals surface area contributed by atoms with Gasteiger partial charge in [-0.25, -0.2) is 14.2 Å². The van der Waals surface area contributed by atoms with E-state index in [9.17, 15) is 14.3 Å². The van der Waals surface area contributed by atoms with Crippen LogP contribution in [0.1, 0.15) is 52.9 Å². The molecule has 4 rings (SSSR count). The molecule has 1 heterocycles. The minimum Gasteiger partial charge on any atom is -0.478 e. The number of aryl methyl sites for hydroxylation is 1. The van der Waals surface area contributed by atoms with Gasteiger partial charge in [-0.15, -0.1) is 0 Å². The second kappa shape index (κ2) is 11.4. The summed E-state index contributed by atoms with van der Waals surface area (Å²) in [4.78, 5) is 16.0. The lowest BCUT2D eigenvalue weighted by molar-refractivity contribution is 0.0310. The summed E-state index contributed by atoms with van der Waals surface area (Å²) in [6.07, 6.45) is 5.97. The number of rotatable bonds is 10. The van der Waals surface area contributed by atoms with E-state index in [2.05, 4.69) is 4.98 Å². The van der Waals surface area contributed by atoms with E-state index in [1.807, 2.05) is 12.1 Å². The minimum atomic E-state index is -0.913. The zero-order valence-electron chi connectivity index (χ0n) is 19.3. The van der Waals surface area contributed by atoms with Crippen molar-refractivity contribution in [2.24, 2.45) is 11.8 Å². The van der Waals surface area contributed by atoms with Crippen molar-refractivity contribution in [1.29, 1.82) is 0 Å². The minimum absolute atomic E-state index is 0.296. The molecule has 1 fully saturated rings. The molecule has 1 aromatic heterocycles. The van der Waals surface area contributed by atoms with Crippen LogP contribution in [0, 0.1) is 24.6 Å². The molecule has 2 unspecified atom stereocenters. The summed E-state index contributed by atoms with van der Waals surface area (Å²) in [5.41, 5.74) is 3.25. The molecule has 0 spiro atoms. The molecule has 180 valence electrons. The number of hydrogen-bond acceptors (Lipinski definition) is 5. The lowest BCUT2D eigenvalue weighted by Gasteiger charge is -2.28. The Morgan fingerprint density at radius 3 is 2.50 bits per heavy atom. The monoisotopic (exact) mass is 467 g/mol. The Bertz CT molecular complexity index is 1090. The molecule has 1 aliphatic rings. The quantitative estimate of drug-likeness (QED) is 0.392. The van der Waals surface area contributed by atoms with E-state index in [4.69, 9.17) is 13.9 Å². The van der Waals surface area contributed by atoms with Crippen LogP contribution in [0.5, 0.6) is 0 Å². The SMILES string of the molecule is Cc1cccc(COCC2CCCC(COCc3coc(-c4ccc(F)cc4)n3)C2)c1C(=O)O. The van der Waals surface area contributed by atoms with Gasteiger partial charge in [0.05, 0.1) is 18.8 Å². The normalized spacial score (nSPS) is 18.2. The van der Waals surface area contributed by atoms with E-state index in [-0.39, 0.29) is 5.82 Å². The van der Waals surface area contributed by atoms with Gasteiger partial charge in [-0.1, -0.05) is 24.6 Å². The lowest BCUT2D eigenvalue weighted by atomic mass is 9.82. The predicted octanol–water partition coefficient (Wildman–Crippen LogP) is 6.03. The Balaban J connectivity index is 1.20.